The minimum absolute atomic E-state index is 0.0901. The molecule has 0 fully saturated rings. The van der Waals surface area contributed by atoms with Gasteiger partial charge in [0.1, 0.15) is 5.00 Å². The number of hydrogen-bond donors (Lipinski definition) is 2. The third-order valence-corrected chi connectivity index (χ3v) is 4.34. The smallest absolute Gasteiger partial charge is 0.339 e. The fourth-order valence-corrected chi connectivity index (χ4v) is 3.61. The zero-order valence-electron chi connectivity index (χ0n) is 10.1. The second-order valence-corrected chi connectivity index (χ2v) is 5.44. The van der Waals surface area contributed by atoms with Crippen LogP contribution < -0.4 is 5.73 Å². The van der Waals surface area contributed by atoms with E-state index in [1.165, 1.54) is 18.4 Å². The van der Waals surface area contributed by atoms with Gasteiger partial charge in [-0.15, -0.1) is 11.3 Å². The molecule has 2 rings (SSSR count). The van der Waals surface area contributed by atoms with Crippen LogP contribution in [0.5, 0.6) is 0 Å². The quantitative estimate of drug-likeness (QED) is 0.633. The molecule has 5 nitrogen and oxygen atoms in total. The van der Waals surface area contributed by atoms with Crippen molar-refractivity contribution in [1.29, 1.82) is 0 Å². The molecule has 0 radical (unpaired) electrons. The molecule has 0 saturated carbocycles. The van der Waals surface area contributed by atoms with Crippen molar-refractivity contribution in [3.8, 4) is 0 Å². The van der Waals surface area contributed by atoms with Crippen LogP contribution in [0.3, 0.4) is 0 Å². The highest BCUT2D eigenvalue weighted by atomic mass is 32.1. The molecule has 6 heteroatoms. The maximum absolute atomic E-state index is 11.8. The van der Waals surface area contributed by atoms with E-state index in [1.54, 1.807) is 0 Å². The predicted molar refractivity (Wildman–Crippen MR) is 68.0 cm³/mol. The number of carboxylic acid groups (broad SMARTS) is 1. The lowest BCUT2D eigenvalue weighted by atomic mass is 9.93. The standard InChI is InChI=1S/C12H15NO4S/c1-17-12(16)6-4-2-3-5-7-8(6)9(11(14)15)10(13)18-7/h6H,2-5,13H2,1H3,(H,14,15). The first kappa shape index (κ1) is 12.9. The van der Waals surface area contributed by atoms with E-state index in [0.29, 0.717) is 12.0 Å². The summed E-state index contributed by atoms with van der Waals surface area (Å²) in [5.74, 6) is -1.94. The van der Waals surface area contributed by atoms with Crippen molar-refractivity contribution in [2.24, 2.45) is 0 Å². The number of methoxy groups -OCH3 is 1. The van der Waals surface area contributed by atoms with E-state index in [9.17, 15) is 14.7 Å². The van der Waals surface area contributed by atoms with Crippen molar-refractivity contribution in [1.82, 2.24) is 0 Å². The summed E-state index contributed by atoms with van der Waals surface area (Å²) >= 11 is 1.28. The van der Waals surface area contributed by atoms with Crippen molar-refractivity contribution in [2.75, 3.05) is 12.8 Å². The lowest BCUT2D eigenvalue weighted by Crippen LogP contribution is -2.17. The highest BCUT2D eigenvalue weighted by molar-refractivity contribution is 7.16. The summed E-state index contributed by atoms with van der Waals surface area (Å²) in [6, 6.07) is 0. The molecule has 1 aromatic heterocycles. The summed E-state index contributed by atoms with van der Waals surface area (Å²) in [5.41, 5.74) is 6.43. The van der Waals surface area contributed by atoms with Crippen molar-refractivity contribution < 1.29 is 19.4 Å². The number of carbonyl (C=O) groups excluding carboxylic acids is 1. The summed E-state index contributed by atoms with van der Waals surface area (Å²) in [4.78, 5) is 24.0. The third-order valence-electron chi connectivity index (χ3n) is 3.24. The van der Waals surface area contributed by atoms with Crippen LogP contribution in [0.15, 0.2) is 0 Å². The molecular weight excluding hydrogens is 254 g/mol. The number of carbonyl (C=O) groups is 2. The van der Waals surface area contributed by atoms with Gasteiger partial charge in [-0.3, -0.25) is 4.79 Å². The molecule has 0 aliphatic heterocycles. The number of anilines is 1. The Balaban J connectivity index is 2.57. The van der Waals surface area contributed by atoms with Crippen LogP contribution in [-0.4, -0.2) is 24.2 Å². The lowest BCUT2D eigenvalue weighted by Gasteiger charge is -2.13. The van der Waals surface area contributed by atoms with Crippen molar-refractivity contribution in [3.63, 3.8) is 0 Å². The summed E-state index contributed by atoms with van der Waals surface area (Å²) in [6.45, 7) is 0. The number of aryl methyl sites for hydroxylation is 1. The van der Waals surface area contributed by atoms with E-state index in [2.05, 4.69) is 0 Å². The van der Waals surface area contributed by atoms with Crippen molar-refractivity contribution >= 4 is 28.3 Å². The van der Waals surface area contributed by atoms with Gasteiger partial charge in [0.25, 0.3) is 0 Å². The first-order valence-electron chi connectivity index (χ1n) is 5.78. The fourth-order valence-electron chi connectivity index (χ4n) is 2.44. The Morgan fingerprint density at radius 2 is 2.17 bits per heavy atom. The van der Waals surface area contributed by atoms with Crippen LogP contribution in [0.25, 0.3) is 0 Å². The first-order chi connectivity index (χ1) is 8.56. The van der Waals surface area contributed by atoms with E-state index in [0.717, 1.165) is 24.1 Å². The monoisotopic (exact) mass is 269 g/mol. The molecule has 0 spiro atoms. The number of fused-ring (bicyclic) bond motifs is 1. The molecule has 1 atom stereocenters. The molecule has 3 N–H and O–H groups in total. The molecule has 1 aliphatic carbocycles. The summed E-state index contributed by atoms with van der Waals surface area (Å²) in [7, 11) is 1.32. The Morgan fingerprint density at radius 1 is 1.44 bits per heavy atom. The molecule has 98 valence electrons. The van der Waals surface area contributed by atoms with Crippen LogP contribution in [0.1, 0.15) is 46.0 Å². The van der Waals surface area contributed by atoms with E-state index in [4.69, 9.17) is 10.5 Å². The topological polar surface area (TPSA) is 89.6 Å². The van der Waals surface area contributed by atoms with Gasteiger partial charge in [-0.1, -0.05) is 6.42 Å². The van der Waals surface area contributed by atoms with E-state index >= 15 is 0 Å². The number of nitrogens with two attached hydrogens (primary N) is 1. The molecule has 1 aromatic rings. The van der Waals surface area contributed by atoms with Gasteiger partial charge in [0, 0.05) is 4.88 Å². The largest absolute Gasteiger partial charge is 0.478 e. The van der Waals surface area contributed by atoms with Gasteiger partial charge >= 0.3 is 11.9 Å². The van der Waals surface area contributed by atoms with Crippen LogP contribution >= 0.6 is 11.3 Å². The van der Waals surface area contributed by atoms with Gasteiger partial charge in [-0.05, 0) is 24.8 Å². The average Bonchev–Trinajstić information content (AvgIpc) is 2.52. The molecule has 18 heavy (non-hydrogen) atoms. The average molecular weight is 269 g/mol. The van der Waals surface area contributed by atoms with Gasteiger partial charge in [-0.25, -0.2) is 4.79 Å². The number of thiophene rings is 1. The normalized spacial score (nSPS) is 18.8. The SMILES string of the molecule is COC(=O)C1CCCCc2sc(N)c(C(=O)O)c21. The minimum atomic E-state index is -1.07. The van der Waals surface area contributed by atoms with Gasteiger partial charge in [0.15, 0.2) is 0 Å². The van der Waals surface area contributed by atoms with Crippen LogP contribution in [0.2, 0.25) is 0 Å². The lowest BCUT2D eigenvalue weighted by molar-refractivity contribution is -0.142. The number of ether oxygens (including phenoxy) is 1. The highest BCUT2D eigenvalue weighted by Crippen LogP contribution is 2.41. The summed E-state index contributed by atoms with van der Waals surface area (Å²) in [5, 5.41) is 9.53. The Labute approximate surface area is 109 Å². The number of carboxylic acids is 1. The molecule has 0 aromatic carbocycles. The molecule has 0 saturated heterocycles. The van der Waals surface area contributed by atoms with Crippen molar-refractivity contribution in [3.05, 3.63) is 16.0 Å². The second kappa shape index (κ2) is 4.97. The Hall–Kier alpha value is -1.56. The van der Waals surface area contributed by atoms with Gasteiger partial charge in [0.2, 0.25) is 0 Å². The van der Waals surface area contributed by atoms with Crippen LogP contribution in [0.4, 0.5) is 5.00 Å². The Bertz CT molecular complexity index is 495. The van der Waals surface area contributed by atoms with Crippen molar-refractivity contribution in [2.45, 2.75) is 31.6 Å². The minimum Gasteiger partial charge on any atom is -0.478 e. The van der Waals surface area contributed by atoms with E-state index in [1.807, 2.05) is 0 Å². The maximum atomic E-state index is 11.8. The summed E-state index contributed by atoms with van der Waals surface area (Å²) in [6.07, 6.45) is 3.24. The number of hydrogen-bond acceptors (Lipinski definition) is 5. The molecule has 0 bridgehead atoms. The zero-order chi connectivity index (χ0) is 13.3. The molecule has 1 aliphatic rings. The first-order valence-corrected chi connectivity index (χ1v) is 6.60. The fraction of sp³-hybridized carbons (Fsp3) is 0.500. The Morgan fingerprint density at radius 3 is 2.78 bits per heavy atom. The highest BCUT2D eigenvalue weighted by Gasteiger charge is 2.33. The predicted octanol–water partition coefficient (Wildman–Crippen LogP) is 2.01. The van der Waals surface area contributed by atoms with Crippen LogP contribution in [0, 0.1) is 0 Å². The maximum Gasteiger partial charge on any atom is 0.339 e. The van der Waals surface area contributed by atoms with Gasteiger partial charge in [-0.2, -0.15) is 0 Å². The second-order valence-electron chi connectivity index (χ2n) is 4.30. The molecule has 1 heterocycles. The number of esters is 1. The zero-order valence-corrected chi connectivity index (χ0v) is 10.9. The molecule has 0 amide bonds. The number of rotatable bonds is 2. The van der Waals surface area contributed by atoms with E-state index < -0.39 is 11.9 Å². The van der Waals surface area contributed by atoms with E-state index in [-0.39, 0.29) is 16.5 Å². The third kappa shape index (κ3) is 2.08. The van der Waals surface area contributed by atoms with Gasteiger partial charge < -0.3 is 15.6 Å². The Kier molecular flexibility index (Phi) is 3.56. The molecule has 1 unspecified atom stereocenters. The number of nitrogen functional groups attached to an aromatic ring is 1. The summed E-state index contributed by atoms with van der Waals surface area (Å²) < 4.78 is 4.78. The number of aromatic carboxylic acids is 1. The van der Waals surface area contributed by atoms with Crippen LogP contribution in [-0.2, 0) is 16.0 Å². The molecular formula is C12H15NO4S. The van der Waals surface area contributed by atoms with Gasteiger partial charge in [0.05, 0.1) is 18.6 Å².